The average molecular weight is 269 g/mol. The highest BCUT2D eigenvalue weighted by Gasteiger charge is 2.20. The monoisotopic (exact) mass is 269 g/mol. The number of amides is 1. The van der Waals surface area contributed by atoms with Gasteiger partial charge in [0.25, 0.3) is 11.7 Å². The third-order valence-corrected chi connectivity index (χ3v) is 2.95. The van der Waals surface area contributed by atoms with Crippen molar-refractivity contribution < 1.29 is 14.3 Å². The zero-order valence-electron chi connectivity index (χ0n) is 11.3. The van der Waals surface area contributed by atoms with Gasteiger partial charge in [0.2, 0.25) is 0 Å². The van der Waals surface area contributed by atoms with E-state index in [9.17, 15) is 9.59 Å². The number of methoxy groups -OCH3 is 1. The van der Waals surface area contributed by atoms with Crippen LogP contribution in [0.1, 0.15) is 15.9 Å². The summed E-state index contributed by atoms with van der Waals surface area (Å²) in [6, 6.07) is 13.9. The number of carbonyl (C=O) groups is 2. The molecule has 1 amide bonds. The maximum absolute atomic E-state index is 12.1. The molecular weight excluding hydrogens is 254 g/mol. The van der Waals surface area contributed by atoms with E-state index in [0.717, 1.165) is 5.56 Å². The van der Waals surface area contributed by atoms with Crippen LogP contribution >= 0.6 is 0 Å². The van der Waals surface area contributed by atoms with Crippen molar-refractivity contribution in [1.29, 1.82) is 0 Å². The van der Waals surface area contributed by atoms with Crippen molar-refractivity contribution in [3.63, 3.8) is 0 Å². The number of benzene rings is 2. The second-order valence-corrected chi connectivity index (χ2v) is 4.30. The Morgan fingerprint density at radius 3 is 2.35 bits per heavy atom. The van der Waals surface area contributed by atoms with E-state index in [-0.39, 0.29) is 5.56 Å². The minimum atomic E-state index is -0.677. The Kier molecular flexibility index (Phi) is 4.15. The van der Waals surface area contributed by atoms with E-state index in [4.69, 9.17) is 4.74 Å². The molecule has 0 bridgehead atoms. The number of anilines is 1. The van der Waals surface area contributed by atoms with Gasteiger partial charge >= 0.3 is 0 Å². The predicted octanol–water partition coefficient (Wildman–Crippen LogP) is 2.83. The second kappa shape index (κ2) is 6.02. The number of Topliss-reactive ketones (excluding diaryl/α,β-unsaturated/α-hetero) is 1. The first kappa shape index (κ1) is 13.8. The molecule has 0 aliphatic heterocycles. The van der Waals surface area contributed by atoms with Gasteiger partial charge in [-0.2, -0.15) is 0 Å². The summed E-state index contributed by atoms with van der Waals surface area (Å²) >= 11 is 0. The van der Waals surface area contributed by atoms with Crippen LogP contribution in [0.2, 0.25) is 0 Å². The molecule has 1 N–H and O–H groups in total. The van der Waals surface area contributed by atoms with Gasteiger partial charge in [-0.3, -0.25) is 9.59 Å². The molecule has 2 rings (SSSR count). The summed E-state index contributed by atoms with van der Waals surface area (Å²) in [5, 5.41) is 2.62. The highest BCUT2D eigenvalue weighted by molar-refractivity contribution is 6.47. The van der Waals surface area contributed by atoms with E-state index in [1.807, 2.05) is 19.1 Å². The fourth-order valence-corrected chi connectivity index (χ4v) is 1.85. The molecule has 0 fully saturated rings. The summed E-state index contributed by atoms with van der Waals surface area (Å²) in [6.45, 7) is 1.86. The number of hydrogen-bond donors (Lipinski definition) is 1. The Hall–Kier alpha value is -2.62. The number of rotatable bonds is 4. The van der Waals surface area contributed by atoms with Gasteiger partial charge in [0.05, 0.1) is 12.7 Å². The molecule has 0 heterocycles. The first-order chi connectivity index (χ1) is 9.63. The maximum Gasteiger partial charge on any atom is 0.296 e. The van der Waals surface area contributed by atoms with Crippen molar-refractivity contribution in [1.82, 2.24) is 0 Å². The maximum atomic E-state index is 12.1. The van der Waals surface area contributed by atoms with Crippen LogP contribution in [0.15, 0.2) is 48.5 Å². The molecule has 0 saturated heterocycles. The third kappa shape index (κ3) is 2.85. The van der Waals surface area contributed by atoms with Gasteiger partial charge in [-0.1, -0.05) is 30.3 Å². The smallest absolute Gasteiger partial charge is 0.296 e. The lowest BCUT2D eigenvalue weighted by Crippen LogP contribution is -2.23. The Morgan fingerprint density at radius 1 is 1.00 bits per heavy atom. The Balaban J connectivity index is 2.21. The predicted molar refractivity (Wildman–Crippen MR) is 77.1 cm³/mol. The van der Waals surface area contributed by atoms with Crippen molar-refractivity contribution in [2.75, 3.05) is 12.4 Å². The quantitative estimate of drug-likeness (QED) is 0.686. The molecule has 4 heteroatoms. The van der Waals surface area contributed by atoms with Crippen LogP contribution in [0, 0.1) is 6.92 Å². The van der Waals surface area contributed by atoms with Crippen molar-refractivity contribution in [2.24, 2.45) is 0 Å². The van der Waals surface area contributed by atoms with E-state index in [2.05, 4.69) is 5.32 Å². The Morgan fingerprint density at radius 2 is 1.65 bits per heavy atom. The molecule has 0 atom stereocenters. The molecule has 0 radical (unpaired) electrons. The number of nitrogens with one attached hydrogen (secondary N) is 1. The summed E-state index contributed by atoms with van der Waals surface area (Å²) in [5.74, 6) is -0.910. The van der Waals surface area contributed by atoms with E-state index >= 15 is 0 Å². The van der Waals surface area contributed by atoms with Crippen LogP contribution in [0.25, 0.3) is 0 Å². The minimum Gasteiger partial charge on any atom is -0.496 e. The topological polar surface area (TPSA) is 55.4 Å². The molecule has 0 spiro atoms. The molecule has 2 aromatic carbocycles. The van der Waals surface area contributed by atoms with Gasteiger partial charge in [-0.25, -0.2) is 0 Å². The molecule has 0 saturated carbocycles. The first-order valence-corrected chi connectivity index (χ1v) is 6.18. The van der Waals surface area contributed by atoms with Gasteiger partial charge < -0.3 is 10.1 Å². The van der Waals surface area contributed by atoms with E-state index in [1.54, 1.807) is 36.4 Å². The molecular formula is C16H15NO3. The molecule has 102 valence electrons. The molecule has 2 aromatic rings. The fourth-order valence-electron chi connectivity index (χ4n) is 1.85. The Labute approximate surface area is 117 Å². The third-order valence-electron chi connectivity index (χ3n) is 2.95. The lowest BCUT2D eigenvalue weighted by atomic mass is 10.1. The summed E-state index contributed by atoms with van der Waals surface area (Å²) < 4.78 is 5.09. The summed E-state index contributed by atoms with van der Waals surface area (Å²) in [4.78, 5) is 24.2. The largest absolute Gasteiger partial charge is 0.496 e. The standard InChI is InChI=1S/C16H15NO3/c1-11-7-3-5-9-13(11)17-16(19)15(18)12-8-4-6-10-14(12)20-2/h3-10H,1-2H3,(H,17,19). The summed E-state index contributed by atoms with van der Waals surface area (Å²) in [7, 11) is 1.46. The van der Waals surface area contributed by atoms with Crippen LogP contribution < -0.4 is 10.1 Å². The molecule has 20 heavy (non-hydrogen) atoms. The zero-order valence-corrected chi connectivity index (χ0v) is 11.3. The Bertz CT molecular complexity index is 650. The number of ether oxygens (including phenoxy) is 1. The molecule has 4 nitrogen and oxygen atoms in total. The molecule has 0 aliphatic carbocycles. The SMILES string of the molecule is COc1ccccc1C(=O)C(=O)Nc1ccccc1C. The van der Waals surface area contributed by atoms with Crippen LogP contribution in [0.5, 0.6) is 5.75 Å². The van der Waals surface area contributed by atoms with Crippen molar-refractivity contribution in [2.45, 2.75) is 6.92 Å². The van der Waals surface area contributed by atoms with Crippen molar-refractivity contribution >= 4 is 17.4 Å². The van der Waals surface area contributed by atoms with E-state index < -0.39 is 11.7 Å². The van der Waals surface area contributed by atoms with Crippen LogP contribution in [-0.4, -0.2) is 18.8 Å². The van der Waals surface area contributed by atoms with Crippen molar-refractivity contribution in [3.8, 4) is 5.75 Å². The van der Waals surface area contributed by atoms with Crippen molar-refractivity contribution in [3.05, 3.63) is 59.7 Å². The highest BCUT2D eigenvalue weighted by atomic mass is 16.5. The van der Waals surface area contributed by atoms with Gasteiger partial charge in [-0.05, 0) is 30.7 Å². The van der Waals surface area contributed by atoms with E-state index in [1.165, 1.54) is 7.11 Å². The molecule has 0 aromatic heterocycles. The lowest BCUT2D eigenvalue weighted by Gasteiger charge is -2.09. The number of ketones is 1. The number of para-hydroxylation sites is 2. The first-order valence-electron chi connectivity index (χ1n) is 6.18. The fraction of sp³-hybridized carbons (Fsp3) is 0.125. The average Bonchev–Trinajstić information content (AvgIpc) is 2.48. The van der Waals surface area contributed by atoms with E-state index in [0.29, 0.717) is 11.4 Å². The number of hydrogen-bond acceptors (Lipinski definition) is 3. The molecule has 0 unspecified atom stereocenters. The van der Waals surface area contributed by atoms with Crippen LogP contribution in [-0.2, 0) is 4.79 Å². The summed E-state index contributed by atoms with van der Waals surface area (Å²) in [5.41, 5.74) is 1.77. The zero-order chi connectivity index (χ0) is 14.5. The summed E-state index contributed by atoms with van der Waals surface area (Å²) in [6.07, 6.45) is 0. The molecule has 0 aliphatic rings. The number of aryl methyl sites for hydroxylation is 1. The van der Waals surface area contributed by atoms with Gasteiger partial charge in [-0.15, -0.1) is 0 Å². The normalized spacial score (nSPS) is 9.90. The van der Waals surface area contributed by atoms with Crippen LogP contribution in [0.4, 0.5) is 5.69 Å². The lowest BCUT2D eigenvalue weighted by molar-refractivity contribution is -0.112. The second-order valence-electron chi connectivity index (χ2n) is 4.30. The highest BCUT2D eigenvalue weighted by Crippen LogP contribution is 2.19. The minimum absolute atomic E-state index is 0.251. The van der Waals surface area contributed by atoms with Gasteiger partial charge in [0.15, 0.2) is 0 Å². The van der Waals surface area contributed by atoms with Crippen LogP contribution in [0.3, 0.4) is 0 Å². The van der Waals surface area contributed by atoms with Gasteiger partial charge in [0, 0.05) is 5.69 Å². The number of carbonyl (C=O) groups excluding carboxylic acids is 2. The van der Waals surface area contributed by atoms with Gasteiger partial charge in [0.1, 0.15) is 5.75 Å².